The maximum absolute atomic E-state index is 13.5. The van der Waals surface area contributed by atoms with Gasteiger partial charge in [0.05, 0.1) is 34.9 Å². The fourth-order valence-electron chi connectivity index (χ4n) is 3.22. The molecule has 0 saturated carbocycles. The van der Waals surface area contributed by atoms with Crippen LogP contribution < -0.4 is 16.0 Å². The first-order valence-corrected chi connectivity index (χ1v) is 11.4. The van der Waals surface area contributed by atoms with E-state index in [1.165, 1.54) is 18.3 Å². The molecule has 0 saturated heterocycles. The highest BCUT2D eigenvalue weighted by molar-refractivity contribution is 7.90. The van der Waals surface area contributed by atoms with Gasteiger partial charge >= 0.3 is 6.18 Å². The topological polar surface area (TPSA) is 126 Å². The summed E-state index contributed by atoms with van der Waals surface area (Å²) >= 11 is 0. The number of pyridine rings is 1. The zero-order chi connectivity index (χ0) is 23.8. The smallest absolute Gasteiger partial charge is 0.364 e. The van der Waals surface area contributed by atoms with Gasteiger partial charge in [-0.3, -0.25) is 9.78 Å². The fourth-order valence-corrected chi connectivity index (χ4v) is 3.88. The predicted molar refractivity (Wildman–Crippen MR) is 114 cm³/mol. The summed E-state index contributed by atoms with van der Waals surface area (Å²) in [7, 11) is -3.50. The molecule has 0 radical (unpaired) electrons. The monoisotopic (exact) mass is 478 g/mol. The molecule has 1 aromatic carbocycles. The van der Waals surface area contributed by atoms with Crippen molar-refractivity contribution in [2.75, 3.05) is 22.2 Å². The van der Waals surface area contributed by atoms with Crippen molar-refractivity contribution in [3.8, 4) is 0 Å². The van der Waals surface area contributed by atoms with Crippen LogP contribution in [0.2, 0.25) is 0 Å². The summed E-state index contributed by atoms with van der Waals surface area (Å²) in [6, 6.07) is 7.66. The first-order chi connectivity index (χ1) is 15.5. The summed E-state index contributed by atoms with van der Waals surface area (Å²) in [6.45, 7) is -0.209. The van der Waals surface area contributed by atoms with Gasteiger partial charge in [0.15, 0.2) is 9.84 Å². The van der Waals surface area contributed by atoms with Crippen LogP contribution in [0.5, 0.6) is 0 Å². The largest absolute Gasteiger partial charge is 0.421 e. The first-order valence-electron chi connectivity index (χ1n) is 9.52. The van der Waals surface area contributed by atoms with E-state index in [2.05, 4.69) is 30.9 Å². The molecule has 13 heteroatoms. The van der Waals surface area contributed by atoms with Gasteiger partial charge in [0.25, 0.3) is 0 Å². The Bertz CT molecular complexity index is 1350. The lowest BCUT2D eigenvalue weighted by Gasteiger charge is -2.15. The summed E-state index contributed by atoms with van der Waals surface area (Å²) in [6.07, 6.45) is -1.61. The van der Waals surface area contributed by atoms with Gasteiger partial charge < -0.3 is 16.0 Å². The number of anilines is 4. The van der Waals surface area contributed by atoms with Crippen molar-refractivity contribution in [3.63, 3.8) is 0 Å². The number of nitrogens with one attached hydrogen (secondary N) is 3. The van der Waals surface area contributed by atoms with Gasteiger partial charge in [0.1, 0.15) is 11.4 Å². The van der Waals surface area contributed by atoms with Crippen molar-refractivity contribution >= 4 is 38.9 Å². The van der Waals surface area contributed by atoms with Crippen molar-refractivity contribution in [1.82, 2.24) is 15.0 Å². The van der Waals surface area contributed by atoms with Gasteiger partial charge in [0, 0.05) is 18.6 Å². The van der Waals surface area contributed by atoms with Gasteiger partial charge in [-0.1, -0.05) is 12.1 Å². The lowest BCUT2D eigenvalue weighted by Crippen LogP contribution is -2.15. The van der Waals surface area contributed by atoms with E-state index >= 15 is 0 Å². The number of para-hydroxylation sites is 1. The Balaban J connectivity index is 1.62. The predicted octanol–water partition coefficient (Wildman–Crippen LogP) is 3.14. The highest BCUT2D eigenvalue weighted by atomic mass is 32.2. The van der Waals surface area contributed by atoms with E-state index in [0.717, 1.165) is 11.8 Å². The molecule has 0 unspecified atom stereocenters. The van der Waals surface area contributed by atoms with Crippen LogP contribution in [0.1, 0.15) is 16.8 Å². The van der Waals surface area contributed by atoms with E-state index < -0.39 is 27.4 Å². The summed E-state index contributed by atoms with van der Waals surface area (Å²) in [4.78, 5) is 23.4. The molecule has 3 aromatic rings. The zero-order valence-corrected chi connectivity index (χ0v) is 17.9. The molecule has 172 valence electrons. The van der Waals surface area contributed by atoms with E-state index in [9.17, 15) is 26.4 Å². The zero-order valence-electron chi connectivity index (χ0n) is 17.1. The number of benzene rings is 1. The lowest BCUT2D eigenvalue weighted by molar-refractivity contribution is -0.137. The summed E-state index contributed by atoms with van der Waals surface area (Å²) in [5.74, 6) is -0.833. The minimum Gasteiger partial charge on any atom is -0.364 e. The highest BCUT2D eigenvalue weighted by Gasteiger charge is 2.35. The molecule has 0 atom stereocenters. The molecule has 0 bridgehead atoms. The number of hydrogen-bond donors (Lipinski definition) is 3. The molecule has 1 aliphatic heterocycles. The van der Waals surface area contributed by atoms with Crippen molar-refractivity contribution in [2.45, 2.75) is 24.0 Å². The third-order valence-electron chi connectivity index (χ3n) is 4.76. The van der Waals surface area contributed by atoms with Crippen LogP contribution in [0.15, 0.2) is 47.6 Å². The van der Waals surface area contributed by atoms with E-state index in [1.807, 2.05) is 0 Å². The molecule has 1 aliphatic rings. The third kappa shape index (κ3) is 5.03. The first kappa shape index (κ1) is 22.5. The molecule has 0 spiro atoms. The number of carbonyl (C=O) groups is 1. The number of aromatic nitrogens is 3. The lowest BCUT2D eigenvalue weighted by atomic mass is 10.1. The Labute approximate surface area is 186 Å². The van der Waals surface area contributed by atoms with Crippen LogP contribution in [0.4, 0.5) is 36.3 Å². The maximum Gasteiger partial charge on any atom is 0.421 e. The average molecular weight is 478 g/mol. The third-order valence-corrected chi connectivity index (χ3v) is 5.87. The molecular weight excluding hydrogens is 461 g/mol. The minimum atomic E-state index is -4.73. The Kier molecular flexibility index (Phi) is 5.66. The number of halogens is 3. The van der Waals surface area contributed by atoms with E-state index in [4.69, 9.17) is 0 Å². The van der Waals surface area contributed by atoms with E-state index in [1.54, 1.807) is 18.2 Å². The van der Waals surface area contributed by atoms with Gasteiger partial charge in [-0.05, 0) is 23.8 Å². The average Bonchev–Trinajstić information content (AvgIpc) is 3.12. The quantitative estimate of drug-likeness (QED) is 0.493. The molecule has 3 heterocycles. The van der Waals surface area contributed by atoms with Crippen LogP contribution in [-0.2, 0) is 33.8 Å². The molecule has 33 heavy (non-hydrogen) atoms. The fraction of sp³-hybridized carbons (Fsp3) is 0.200. The normalized spacial score (nSPS) is 13.4. The second-order valence-electron chi connectivity index (χ2n) is 7.25. The second-order valence-corrected chi connectivity index (χ2v) is 9.27. The van der Waals surface area contributed by atoms with Gasteiger partial charge in [-0.15, -0.1) is 0 Å². The van der Waals surface area contributed by atoms with Crippen LogP contribution in [0.25, 0.3) is 0 Å². The maximum atomic E-state index is 13.5. The standard InChI is InChI=1S/C20H17F3N6O3S/c1-33(31,32)13-5-6-24-12(8-13)9-25-18-14(20(21,22)23)10-26-19(29-18)27-15-4-2-3-11-7-16(30)28-17(11)15/h2-6,8,10H,7,9H2,1H3,(H,28,30)(H2,25,26,27,29). The van der Waals surface area contributed by atoms with Crippen LogP contribution >= 0.6 is 0 Å². The van der Waals surface area contributed by atoms with E-state index in [-0.39, 0.29) is 35.4 Å². The summed E-state index contributed by atoms with van der Waals surface area (Å²) < 4.78 is 63.9. The van der Waals surface area contributed by atoms with Crippen LogP contribution in [0.3, 0.4) is 0 Å². The minimum absolute atomic E-state index is 0.00429. The Hall–Kier alpha value is -3.74. The van der Waals surface area contributed by atoms with Crippen molar-refractivity contribution in [3.05, 3.63) is 59.5 Å². The van der Waals surface area contributed by atoms with Crippen molar-refractivity contribution in [2.24, 2.45) is 0 Å². The SMILES string of the molecule is CS(=O)(=O)c1ccnc(CNc2nc(Nc3cccc4c3NC(=O)C4)ncc2C(F)(F)F)c1. The summed E-state index contributed by atoms with van der Waals surface area (Å²) in [5, 5.41) is 8.08. The Morgan fingerprint density at radius 1 is 1.18 bits per heavy atom. The van der Waals surface area contributed by atoms with Gasteiger partial charge in [-0.2, -0.15) is 18.2 Å². The number of carbonyl (C=O) groups excluding carboxylic acids is 1. The van der Waals surface area contributed by atoms with Crippen molar-refractivity contribution < 1.29 is 26.4 Å². The number of sulfone groups is 1. The molecule has 3 N–H and O–H groups in total. The second kappa shape index (κ2) is 8.31. The Morgan fingerprint density at radius 3 is 2.70 bits per heavy atom. The number of hydrogen-bond acceptors (Lipinski definition) is 8. The summed E-state index contributed by atoms with van der Waals surface area (Å²) in [5.41, 5.74) is 0.808. The molecule has 9 nitrogen and oxygen atoms in total. The highest BCUT2D eigenvalue weighted by Crippen LogP contribution is 2.36. The van der Waals surface area contributed by atoms with Gasteiger partial charge in [-0.25, -0.2) is 13.4 Å². The number of nitrogens with zero attached hydrogens (tertiary/aromatic N) is 3. The van der Waals surface area contributed by atoms with Crippen LogP contribution in [0, 0.1) is 0 Å². The number of rotatable bonds is 6. The molecule has 1 amide bonds. The van der Waals surface area contributed by atoms with Crippen LogP contribution in [-0.4, -0.2) is 35.5 Å². The number of alkyl halides is 3. The molecule has 0 aliphatic carbocycles. The molecule has 4 rings (SSSR count). The Morgan fingerprint density at radius 2 is 1.97 bits per heavy atom. The van der Waals surface area contributed by atoms with E-state index in [0.29, 0.717) is 17.6 Å². The number of fused-ring (bicyclic) bond motifs is 1. The molecule has 2 aromatic heterocycles. The molecule has 0 fully saturated rings. The molecular formula is C20H17F3N6O3S. The number of amides is 1. The van der Waals surface area contributed by atoms with Gasteiger partial charge in [0.2, 0.25) is 11.9 Å². The van der Waals surface area contributed by atoms with Crippen molar-refractivity contribution in [1.29, 1.82) is 0 Å².